The zero-order chi connectivity index (χ0) is 23.1. The molecule has 2 aromatic carbocycles. The van der Waals surface area contributed by atoms with Crippen LogP contribution in [0.3, 0.4) is 0 Å². The Balaban J connectivity index is 1.57. The Labute approximate surface area is 188 Å². The summed E-state index contributed by atoms with van der Waals surface area (Å²) in [4.78, 5) is 16.6. The van der Waals surface area contributed by atoms with Crippen LogP contribution in [0.1, 0.15) is 30.4 Å². The number of aryl methyl sites for hydroxylation is 2. The van der Waals surface area contributed by atoms with Crippen molar-refractivity contribution in [3.05, 3.63) is 71.6 Å². The van der Waals surface area contributed by atoms with Gasteiger partial charge in [-0.1, -0.05) is 36.4 Å². The van der Waals surface area contributed by atoms with Crippen molar-refractivity contribution in [3.63, 3.8) is 0 Å². The van der Waals surface area contributed by atoms with E-state index in [1.54, 1.807) is 38.3 Å². The van der Waals surface area contributed by atoms with E-state index in [2.05, 4.69) is 10.3 Å². The van der Waals surface area contributed by atoms with Crippen LogP contribution < -0.4 is 10.1 Å². The van der Waals surface area contributed by atoms with E-state index in [1.807, 2.05) is 37.3 Å². The van der Waals surface area contributed by atoms with Crippen molar-refractivity contribution in [2.75, 3.05) is 12.9 Å². The maximum atomic E-state index is 12.6. The van der Waals surface area contributed by atoms with Gasteiger partial charge in [-0.25, -0.2) is 13.4 Å². The van der Waals surface area contributed by atoms with E-state index in [9.17, 15) is 13.2 Å². The second-order valence-electron chi connectivity index (χ2n) is 7.78. The normalized spacial score (nSPS) is 12.3. The SMILES string of the molecule is COc1cccc(-c2nc(CS(=O)(=O)CC(=O)N[C@@H](C)CCc3ccccc3)c(C)o2)c1. The molecule has 1 atom stereocenters. The first kappa shape index (κ1) is 23.5. The summed E-state index contributed by atoms with van der Waals surface area (Å²) in [6.07, 6.45) is 1.53. The Morgan fingerprint density at radius 1 is 1.16 bits per heavy atom. The molecule has 170 valence electrons. The summed E-state index contributed by atoms with van der Waals surface area (Å²) in [5.74, 6) is -0.111. The number of rotatable bonds is 10. The van der Waals surface area contributed by atoms with E-state index >= 15 is 0 Å². The topological polar surface area (TPSA) is 98.5 Å². The molecule has 0 unspecified atom stereocenters. The smallest absolute Gasteiger partial charge is 0.235 e. The van der Waals surface area contributed by atoms with Crippen LogP contribution in [0.4, 0.5) is 0 Å². The minimum Gasteiger partial charge on any atom is -0.497 e. The standard InChI is InChI=1S/C24H28N2O5S/c1-17(12-13-19-8-5-4-6-9-19)25-23(27)16-32(28,29)15-22-18(2)31-24(26-22)20-10-7-11-21(14-20)30-3/h4-11,14,17H,12-13,15-16H2,1-3H3,(H,25,27)/t17-/m0/s1. The Morgan fingerprint density at radius 3 is 2.62 bits per heavy atom. The number of aromatic nitrogens is 1. The summed E-state index contributed by atoms with van der Waals surface area (Å²) in [5.41, 5.74) is 2.16. The van der Waals surface area contributed by atoms with Gasteiger partial charge in [0.2, 0.25) is 11.8 Å². The zero-order valence-electron chi connectivity index (χ0n) is 18.5. The first-order valence-electron chi connectivity index (χ1n) is 10.4. The highest BCUT2D eigenvalue weighted by Gasteiger charge is 2.23. The molecule has 3 aromatic rings. The van der Waals surface area contributed by atoms with Crippen molar-refractivity contribution < 1.29 is 22.4 Å². The van der Waals surface area contributed by atoms with E-state index in [0.29, 0.717) is 28.7 Å². The molecule has 8 heteroatoms. The average Bonchev–Trinajstić information content (AvgIpc) is 3.12. The molecule has 1 aromatic heterocycles. The van der Waals surface area contributed by atoms with Crippen LogP contribution in [0, 0.1) is 6.92 Å². The minimum atomic E-state index is -3.71. The second kappa shape index (κ2) is 10.5. The largest absolute Gasteiger partial charge is 0.497 e. The molecule has 0 spiro atoms. The Kier molecular flexibility index (Phi) is 7.69. The van der Waals surface area contributed by atoms with E-state index in [0.717, 1.165) is 12.8 Å². The molecular weight excluding hydrogens is 428 g/mol. The van der Waals surface area contributed by atoms with Gasteiger partial charge in [-0.3, -0.25) is 4.79 Å². The van der Waals surface area contributed by atoms with Crippen LogP contribution in [-0.4, -0.2) is 38.2 Å². The fraction of sp³-hybridized carbons (Fsp3) is 0.333. The first-order chi connectivity index (χ1) is 15.3. The number of oxazole rings is 1. The van der Waals surface area contributed by atoms with Gasteiger partial charge in [-0.15, -0.1) is 0 Å². The minimum absolute atomic E-state index is 0.133. The number of nitrogens with one attached hydrogen (secondary N) is 1. The molecule has 0 fully saturated rings. The van der Waals surface area contributed by atoms with Crippen molar-refractivity contribution in [1.82, 2.24) is 10.3 Å². The summed E-state index contributed by atoms with van der Waals surface area (Å²) in [6, 6.07) is 17.0. The third-order valence-corrected chi connectivity index (χ3v) is 6.45. The number of benzene rings is 2. The maximum absolute atomic E-state index is 12.6. The summed E-state index contributed by atoms with van der Waals surface area (Å²) in [6.45, 7) is 3.53. The molecule has 0 bridgehead atoms. The lowest BCUT2D eigenvalue weighted by Gasteiger charge is -2.14. The van der Waals surface area contributed by atoms with Gasteiger partial charge in [0, 0.05) is 11.6 Å². The summed E-state index contributed by atoms with van der Waals surface area (Å²) in [7, 11) is -2.15. The van der Waals surface area contributed by atoms with E-state index < -0.39 is 21.5 Å². The molecule has 0 saturated heterocycles. The Morgan fingerprint density at radius 2 is 1.91 bits per heavy atom. The number of methoxy groups -OCH3 is 1. The van der Waals surface area contributed by atoms with Gasteiger partial charge in [-0.2, -0.15) is 0 Å². The molecular formula is C24H28N2O5S. The van der Waals surface area contributed by atoms with Crippen molar-refractivity contribution in [2.45, 2.75) is 38.5 Å². The third kappa shape index (κ3) is 6.68. The highest BCUT2D eigenvalue weighted by molar-refractivity contribution is 7.91. The lowest BCUT2D eigenvalue weighted by atomic mass is 10.1. The number of carbonyl (C=O) groups excluding carboxylic acids is 1. The molecule has 0 saturated carbocycles. The molecule has 3 rings (SSSR count). The average molecular weight is 457 g/mol. The van der Waals surface area contributed by atoms with Gasteiger partial charge in [0.25, 0.3) is 0 Å². The fourth-order valence-corrected chi connectivity index (χ4v) is 4.59. The van der Waals surface area contributed by atoms with Crippen LogP contribution in [-0.2, 0) is 26.8 Å². The second-order valence-corrected chi connectivity index (χ2v) is 9.84. The number of ether oxygens (including phenoxy) is 1. The molecule has 1 amide bonds. The fourth-order valence-electron chi connectivity index (χ4n) is 3.32. The van der Waals surface area contributed by atoms with E-state index in [-0.39, 0.29) is 11.8 Å². The number of nitrogens with zero attached hydrogens (tertiary/aromatic N) is 1. The van der Waals surface area contributed by atoms with Crippen LogP contribution >= 0.6 is 0 Å². The molecule has 0 aliphatic rings. The number of hydrogen-bond donors (Lipinski definition) is 1. The predicted molar refractivity (Wildman–Crippen MR) is 123 cm³/mol. The summed E-state index contributed by atoms with van der Waals surface area (Å²) >= 11 is 0. The first-order valence-corrected chi connectivity index (χ1v) is 12.2. The summed E-state index contributed by atoms with van der Waals surface area (Å²) in [5, 5.41) is 2.77. The molecule has 1 N–H and O–H groups in total. The molecule has 1 heterocycles. The van der Waals surface area contributed by atoms with Crippen LogP contribution in [0.15, 0.2) is 59.0 Å². The molecule has 32 heavy (non-hydrogen) atoms. The monoisotopic (exact) mass is 456 g/mol. The summed E-state index contributed by atoms with van der Waals surface area (Å²) < 4.78 is 36.1. The number of carbonyl (C=O) groups is 1. The van der Waals surface area contributed by atoms with Gasteiger partial charge < -0.3 is 14.5 Å². The van der Waals surface area contributed by atoms with Crippen molar-refractivity contribution in [1.29, 1.82) is 0 Å². The van der Waals surface area contributed by atoms with Crippen molar-refractivity contribution >= 4 is 15.7 Å². The highest BCUT2D eigenvalue weighted by atomic mass is 32.2. The molecule has 0 aliphatic carbocycles. The Bertz CT molecular complexity index is 1160. The van der Waals surface area contributed by atoms with E-state index in [4.69, 9.17) is 9.15 Å². The van der Waals surface area contributed by atoms with Gasteiger partial charge >= 0.3 is 0 Å². The molecule has 0 aliphatic heterocycles. The lowest BCUT2D eigenvalue weighted by Crippen LogP contribution is -2.37. The predicted octanol–water partition coefficient (Wildman–Crippen LogP) is 3.71. The van der Waals surface area contributed by atoms with E-state index in [1.165, 1.54) is 5.56 Å². The van der Waals surface area contributed by atoms with Crippen LogP contribution in [0.5, 0.6) is 5.75 Å². The van der Waals surface area contributed by atoms with Gasteiger partial charge in [0.1, 0.15) is 17.3 Å². The maximum Gasteiger partial charge on any atom is 0.235 e. The number of amides is 1. The quantitative estimate of drug-likeness (QED) is 0.499. The Hall–Kier alpha value is -3.13. The number of hydrogen-bond acceptors (Lipinski definition) is 6. The van der Waals surface area contributed by atoms with Gasteiger partial charge in [0.15, 0.2) is 9.84 Å². The highest BCUT2D eigenvalue weighted by Crippen LogP contribution is 2.26. The van der Waals surface area contributed by atoms with Crippen molar-refractivity contribution in [2.24, 2.45) is 0 Å². The zero-order valence-corrected chi connectivity index (χ0v) is 19.3. The molecule has 7 nitrogen and oxygen atoms in total. The van der Waals surface area contributed by atoms with Crippen LogP contribution in [0.2, 0.25) is 0 Å². The van der Waals surface area contributed by atoms with Gasteiger partial charge in [-0.05, 0) is 50.5 Å². The third-order valence-electron chi connectivity index (χ3n) is 5.03. The number of sulfone groups is 1. The molecule has 0 radical (unpaired) electrons. The van der Waals surface area contributed by atoms with Crippen molar-refractivity contribution in [3.8, 4) is 17.2 Å². The lowest BCUT2D eigenvalue weighted by molar-refractivity contribution is -0.119. The van der Waals surface area contributed by atoms with Crippen LogP contribution in [0.25, 0.3) is 11.5 Å². The van der Waals surface area contributed by atoms with Gasteiger partial charge in [0.05, 0.1) is 18.6 Å².